The minimum absolute atomic E-state index is 0.0248. The second-order valence-corrected chi connectivity index (χ2v) is 6.08. The summed E-state index contributed by atoms with van der Waals surface area (Å²) < 4.78 is 15.9. The minimum atomic E-state index is -0.0248. The van der Waals surface area contributed by atoms with Gasteiger partial charge in [0.2, 0.25) is 5.91 Å². The molecule has 6 nitrogen and oxygen atoms in total. The van der Waals surface area contributed by atoms with Gasteiger partial charge in [-0.25, -0.2) is 0 Å². The molecular weight excluding hydrogens is 344 g/mol. The Morgan fingerprint density at radius 3 is 2.33 bits per heavy atom. The monoisotopic (exact) mass is 372 g/mol. The van der Waals surface area contributed by atoms with Crippen LogP contribution in [0.5, 0.6) is 17.2 Å². The molecule has 0 aromatic heterocycles. The number of carbonyl (C=O) groups is 1. The molecule has 0 bridgehead atoms. The van der Waals surface area contributed by atoms with Crippen LogP contribution in [0.2, 0.25) is 0 Å². The summed E-state index contributed by atoms with van der Waals surface area (Å²) in [7, 11) is 4.86. The maximum atomic E-state index is 12.4. The van der Waals surface area contributed by atoms with Crippen LogP contribution in [0.25, 0.3) is 0 Å². The molecule has 2 aromatic carbocycles. The Hall–Kier alpha value is -2.73. The Labute approximate surface area is 161 Å². The number of hydrogen-bond donors (Lipinski definition) is 1. The summed E-state index contributed by atoms with van der Waals surface area (Å²) in [5, 5.41) is 2.96. The van der Waals surface area contributed by atoms with Crippen LogP contribution >= 0.6 is 0 Å². The van der Waals surface area contributed by atoms with Crippen molar-refractivity contribution in [2.45, 2.75) is 20.0 Å². The van der Waals surface area contributed by atoms with Gasteiger partial charge in [0.05, 0.1) is 27.9 Å². The molecule has 0 saturated carbocycles. The standard InChI is InChI=1S/C21H28N2O4/c1-5-23(14-16-10-11-19(26-3)20(12-16)27-4)15-21(24)22-13-17-8-6-7-9-18(17)25-2/h6-12H,5,13-15H2,1-4H3,(H,22,24). The first-order chi connectivity index (χ1) is 13.1. The fourth-order valence-corrected chi connectivity index (χ4v) is 2.82. The van der Waals surface area contributed by atoms with Crippen molar-refractivity contribution in [1.29, 1.82) is 0 Å². The number of hydrogen-bond acceptors (Lipinski definition) is 5. The van der Waals surface area contributed by atoms with E-state index in [9.17, 15) is 4.79 Å². The Morgan fingerprint density at radius 2 is 1.67 bits per heavy atom. The average molecular weight is 372 g/mol. The Bertz CT molecular complexity index is 749. The fraction of sp³-hybridized carbons (Fsp3) is 0.381. The van der Waals surface area contributed by atoms with Crippen molar-refractivity contribution in [2.75, 3.05) is 34.4 Å². The number of methoxy groups -OCH3 is 3. The number of ether oxygens (including phenoxy) is 3. The smallest absolute Gasteiger partial charge is 0.234 e. The second kappa shape index (κ2) is 10.4. The van der Waals surface area contributed by atoms with Crippen LogP contribution in [-0.4, -0.2) is 45.2 Å². The van der Waals surface area contributed by atoms with Gasteiger partial charge in [0.1, 0.15) is 5.75 Å². The molecule has 0 saturated heterocycles. The van der Waals surface area contributed by atoms with Gasteiger partial charge in [-0.3, -0.25) is 9.69 Å². The molecule has 0 unspecified atom stereocenters. The van der Waals surface area contributed by atoms with Crippen LogP contribution in [0.15, 0.2) is 42.5 Å². The molecule has 2 rings (SSSR count). The van der Waals surface area contributed by atoms with Gasteiger partial charge in [-0.15, -0.1) is 0 Å². The molecule has 0 spiro atoms. The zero-order valence-corrected chi connectivity index (χ0v) is 16.5. The first-order valence-electron chi connectivity index (χ1n) is 8.93. The van der Waals surface area contributed by atoms with Crippen LogP contribution in [0.1, 0.15) is 18.1 Å². The van der Waals surface area contributed by atoms with Crippen LogP contribution in [0.4, 0.5) is 0 Å². The summed E-state index contributed by atoms with van der Waals surface area (Å²) in [6.45, 7) is 4.21. The number of carbonyl (C=O) groups excluding carboxylic acids is 1. The minimum Gasteiger partial charge on any atom is -0.496 e. The van der Waals surface area contributed by atoms with E-state index in [4.69, 9.17) is 14.2 Å². The fourth-order valence-electron chi connectivity index (χ4n) is 2.82. The Morgan fingerprint density at radius 1 is 0.963 bits per heavy atom. The number of nitrogens with one attached hydrogen (secondary N) is 1. The molecule has 1 amide bonds. The van der Waals surface area contributed by atoms with Crippen molar-refractivity contribution in [3.63, 3.8) is 0 Å². The average Bonchev–Trinajstić information content (AvgIpc) is 2.71. The lowest BCUT2D eigenvalue weighted by Crippen LogP contribution is -2.36. The van der Waals surface area contributed by atoms with E-state index in [-0.39, 0.29) is 5.91 Å². The molecule has 0 heterocycles. The number of likely N-dealkylation sites (N-methyl/N-ethyl adjacent to an activating group) is 1. The third-order valence-corrected chi connectivity index (χ3v) is 4.34. The normalized spacial score (nSPS) is 10.6. The topological polar surface area (TPSA) is 60.0 Å². The third-order valence-electron chi connectivity index (χ3n) is 4.34. The van der Waals surface area contributed by atoms with E-state index in [1.165, 1.54) is 0 Å². The number of rotatable bonds is 10. The van der Waals surface area contributed by atoms with Crippen LogP contribution < -0.4 is 19.5 Å². The summed E-state index contributed by atoms with van der Waals surface area (Å²) in [4.78, 5) is 14.4. The second-order valence-electron chi connectivity index (χ2n) is 6.08. The van der Waals surface area contributed by atoms with Gasteiger partial charge in [-0.1, -0.05) is 31.2 Å². The predicted molar refractivity (Wildman–Crippen MR) is 105 cm³/mol. The zero-order chi connectivity index (χ0) is 19.6. The molecule has 1 N–H and O–H groups in total. The maximum absolute atomic E-state index is 12.4. The molecular formula is C21H28N2O4. The van der Waals surface area contributed by atoms with Crippen molar-refractivity contribution in [1.82, 2.24) is 10.2 Å². The molecule has 146 valence electrons. The summed E-state index contributed by atoms with van der Waals surface area (Å²) in [6, 6.07) is 13.5. The Balaban J connectivity index is 1.93. The largest absolute Gasteiger partial charge is 0.496 e. The van der Waals surface area contributed by atoms with E-state index in [0.29, 0.717) is 31.1 Å². The van der Waals surface area contributed by atoms with E-state index >= 15 is 0 Å². The van der Waals surface area contributed by atoms with Crippen LogP contribution in [0, 0.1) is 0 Å². The molecule has 0 aliphatic carbocycles. The van der Waals surface area contributed by atoms with Gasteiger partial charge < -0.3 is 19.5 Å². The Kier molecular flexibility index (Phi) is 7.95. The van der Waals surface area contributed by atoms with Gasteiger partial charge in [0, 0.05) is 18.7 Å². The molecule has 6 heteroatoms. The van der Waals surface area contributed by atoms with E-state index in [1.54, 1.807) is 21.3 Å². The van der Waals surface area contributed by atoms with Crippen molar-refractivity contribution in [3.05, 3.63) is 53.6 Å². The predicted octanol–water partition coefficient (Wildman–Crippen LogP) is 2.85. The summed E-state index contributed by atoms with van der Waals surface area (Å²) in [6.07, 6.45) is 0. The van der Waals surface area contributed by atoms with Gasteiger partial charge in [-0.05, 0) is 30.3 Å². The number of amides is 1. The molecule has 0 radical (unpaired) electrons. The quantitative estimate of drug-likeness (QED) is 0.695. The summed E-state index contributed by atoms with van der Waals surface area (Å²) in [5.74, 6) is 2.13. The number of benzene rings is 2. The van der Waals surface area contributed by atoms with E-state index in [1.807, 2.05) is 49.4 Å². The molecule has 0 atom stereocenters. The van der Waals surface area contributed by atoms with Crippen molar-refractivity contribution >= 4 is 5.91 Å². The first kappa shape index (κ1) is 20.6. The van der Waals surface area contributed by atoms with Crippen molar-refractivity contribution in [2.24, 2.45) is 0 Å². The lowest BCUT2D eigenvalue weighted by atomic mass is 10.2. The number of nitrogens with zero attached hydrogens (tertiary/aromatic N) is 1. The highest BCUT2D eigenvalue weighted by Crippen LogP contribution is 2.28. The highest BCUT2D eigenvalue weighted by molar-refractivity contribution is 5.78. The van der Waals surface area contributed by atoms with Gasteiger partial charge in [-0.2, -0.15) is 0 Å². The molecule has 0 aliphatic rings. The lowest BCUT2D eigenvalue weighted by molar-refractivity contribution is -0.122. The summed E-state index contributed by atoms with van der Waals surface area (Å²) >= 11 is 0. The van der Waals surface area contributed by atoms with Gasteiger partial charge in [0.15, 0.2) is 11.5 Å². The molecule has 0 aliphatic heterocycles. The highest BCUT2D eigenvalue weighted by atomic mass is 16.5. The van der Waals surface area contributed by atoms with E-state index in [2.05, 4.69) is 10.2 Å². The van der Waals surface area contributed by atoms with Crippen LogP contribution in [0.3, 0.4) is 0 Å². The SMILES string of the molecule is CCN(CC(=O)NCc1ccccc1OC)Cc1ccc(OC)c(OC)c1. The maximum Gasteiger partial charge on any atom is 0.234 e. The van der Waals surface area contributed by atoms with Crippen LogP contribution in [-0.2, 0) is 17.9 Å². The van der Waals surface area contributed by atoms with Gasteiger partial charge in [0.25, 0.3) is 0 Å². The van der Waals surface area contributed by atoms with E-state index in [0.717, 1.165) is 23.4 Å². The van der Waals surface area contributed by atoms with E-state index < -0.39 is 0 Å². The molecule has 0 fully saturated rings. The first-order valence-corrected chi connectivity index (χ1v) is 8.93. The third kappa shape index (κ3) is 5.89. The molecule has 2 aromatic rings. The zero-order valence-electron chi connectivity index (χ0n) is 16.5. The number of para-hydroxylation sites is 1. The molecule has 27 heavy (non-hydrogen) atoms. The van der Waals surface area contributed by atoms with Crippen molar-refractivity contribution in [3.8, 4) is 17.2 Å². The summed E-state index contributed by atoms with van der Waals surface area (Å²) in [5.41, 5.74) is 2.02. The highest BCUT2D eigenvalue weighted by Gasteiger charge is 2.12. The van der Waals surface area contributed by atoms with Crippen molar-refractivity contribution < 1.29 is 19.0 Å². The van der Waals surface area contributed by atoms with Gasteiger partial charge >= 0.3 is 0 Å². The lowest BCUT2D eigenvalue weighted by Gasteiger charge is -2.21.